The van der Waals surface area contributed by atoms with Crippen LogP contribution in [0, 0.1) is 0 Å². The number of hydrogen-bond donors (Lipinski definition) is 1. The lowest BCUT2D eigenvalue weighted by atomic mass is 10.1. The lowest BCUT2D eigenvalue weighted by Crippen LogP contribution is -2.48. The Morgan fingerprint density at radius 1 is 1.54 bits per heavy atom. The summed E-state index contributed by atoms with van der Waals surface area (Å²) in [6.07, 6.45) is 1.87. The molecule has 0 aliphatic carbocycles. The number of hydrogen-bond acceptors (Lipinski definition) is 2. The average Bonchev–Trinajstić information content (AvgIpc) is 2.30. The van der Waals surface area contributed by atoms with E-state index in [9.17, 15) is 4.79 Å². The lowest BCUT2D eigenvalue weighted by molar-refractivity contribution is -0.125. The minimum atomic E-state index is -0.169. The molecule has 0 radical (unpaired) electrons. The Morgan fingerprint density at radius 3 is 2.54 bits per heavy atom. The van der Waals surface area contributed by atoms with Gasteiger partial charge in [-0.1, -0.05) is 0 Å². The number of carbonyl (C=O) groups excluding carboxylic acids is 1. The van der Waals surface area contributed by atoms with Gasteiger partial charge in [-0.15, -0.1) is 0 Å². The van der Waals surface area contributed by atoms with E-state index < -0.39 is 0 Å². The van der Waals surface area contributed by atoms with Crippen LogP contribution in [0.1, 0.15) is 33.6 Å². The van der Waals surface area contributed by atoms with E-state index in [1.807, 2.05) is 20.8 Å². The van der Waals surface area contributed by atoms with E-state index in [1.165, 1.54) is 0 Å². The SMILES string of the molecule is CC(C)(C)NC(=O)[C@@H]1CCCN1Cl. The van der Waals surface area contributed by atoms with E-state index in [1.54, 1.807) is 4.42 Å². The first-order valence-corrected chi connectivity index (χ1v) is 4.98. The van der Waals surface area contributed by atoms with Gasteiger partial charge in [-0.25, -0.2) is 4.42 Å². The second-order valence-corrected chi connectivity index (χ2v) is 4.95. The van der Waals surface area contributed by atoms with Crippen molar-refractivity contribution in [2.75, 3.05) is 6.54 Å². The normalized spacial score (nSPS) is 24.8. The van der Waals surface area contributed by atoms with E-state index in [4.69, 9.17) is 11.8 Å². The zero-order valence-electron chi connectivity index (χ0n) is 8.43. The number of nitrogens with one attached hydrogen (secondary N) is 1. The highest BCUT2D eigenvalue weighted by Gasteiger charge is 2.31. The van der Waals surface area contributed by atoms with Crippen LogP contribution in [0.15, 0.2) is 0 Å². The summed E-state index contributed by atoms with van der Waals surface area (Å²) in [5.41, 5.74) is -0.169. The molecule has 0 spiro atoms. The van der Waals surface area contributed by atoms with Gasteiger partial charge >= 0.3 is 0 Å². The van der Waals surface area contributed by atoms with Crippen molar-refractivity contribution < 1.29 is 4.79 Å². The molecule has 1 N–H and O–H groups in total. The van der Waals surface area contributed by atoms with Crippen molar-refractivity contribution in [3.63, 3.8) is 0 Å². The molecule has 13 heavy (non-hydrogen) atoms. The maximum Gasteiger partial charge on any atom is 0.239 e. The van der Waals surface area contributed by atoms with Crippen LogP contribution >= 0.6 is 11.8 Å². The minimum absolute atomic E-state index is 0.0417. The molecular formula is C9H17ClN2O. The van der Waals surface area contributed by atoms with Gasteiger partial charge in [-0.3, -0.25) is 4.79 Å². The van der Waals surface area contributed by atoms with Crippen LogP contribution in [0.25, 0.3) is 0 Å². The molecule has 0 aromatic rings. The summed E-state index contributed by atoms with van der Waals surface area (Å²) in [5.74, 6) is 0.0417. The molecule has 1 fully saturated rings. The molecule has 76 valence electrons. The molecule has 0 saturated carbocycles. The van der Waals surface area contributed by atoms with Crippen molar-refractivity contribution in [2.45, 2.75) is 45.2 Å². The quantitative estimate of drug-likeness (QED) is 0.657. The highest BCUT2D eigenvalue weighted by Crippen LogP contribution is 2.19. The van der Waals surface area contributed by atoms with Gasteiger partial charge in [0.25, 0.3) is 0 Å². The second kappa shape index (κ2) is 3.84. The Kier molecular flexibility index (Phi) is 3.19. The zero-order valence-corrected chi connectivity index (χ0v) is 9.19. The molecule has 1 atom stereocenters. The van der Waals surface area contributed by atoms with E-state index in [2.05, 4.69) is 5.32 Å². The lowest BCUT2D eigenvalue weighted by Gasteiger charge is -2.24. The Labute approximate surface area is 84.5 Å². The summed E-state index contributed by atoms with van der Waals surface area (Å²) < 4.78 is 1.60. The first kappa shape index (κ1) is 10.8. The summed E-state index contributed by atoms with van der Waals surface area (Å²) in [6, 6.07) is -0.138. The Balaban J connectivity index is 2.48. The largest absolute Gasteiger partial charge is 0.350 e. The average molecular weight is 205 g/mol. The minimum Gasteiger partial charge on any atom is -0.350 e. The third kappa shape index (κ3) is 3.16. The van der Waals surface area contributed by atoms with Crippen LogP contribution in [0.4, 0.5) is 0 Å². The van der Waals surface area contributed by atoms with Crippen LogP contribution in [-0.4, -0.2) is 28.5 Å². The molecule has 1 heterocycles. The van der Waals surface area contributed by atoms with Gasteiger partial charge in [-0.05, 0) is 45.4 Å². The summed E-state index contributed by atoms with van der Waals surface area (Å²) in [4.78, 5) is 11.6. The van der Waals surface area contributed by atoms with Crippen molar-refractivity contribution in [1.82, 2.24) is 9.74 Å². The fourth-order valence-corrected chi connectivity index (χ4v) is 1.75. The molecule has 3 nitrogen and oxygen atoms in total. The standard InChI is InChI=1S/C9H17ClN2O/c1-9(2,3)11-8(13)7-5-4-6-12(7)10/h7H,4-6H2,1-3H3,(H,11,13)/t7-/m0/s1. The van der Waals surface area contributed by atoms with Gasteiger partial charge in [-0.2, -0.15) is 0 Å². The van der Waals surface area contributed by atoms with Crippen LogP contribution in [0.2, 0.25) is 0 Å². The first-order valence-electron chi connectivity index (χ1n) is 4.64. The van der Waals surface area contributed by atoms with Crippen LogP contribution in [0.3, 0.4) is 0 Å². The predicted octanol–water partition coefficient (Wildman–Crippen LogP) is 1.52. The van der Waals surface area contributed by atoms with Crippen molar-refractivity contribution in [1.29, 1.82) is 0 Å². The highest BCUT2D eigenvalue weighted by atomic mass is 35.5. The van der Waals surface area contributed by atoms with Gasteiger partial charge in [0.05, 0.1) is 0 Å². The van der Waals surface area contributed by atoms with Crippen molar-refractivity contribution in [3.8, 4) is 0 Å². The van der Waals surface area contributed by atoms with Crippen LogP contribution in [0.5, 0.6) is 0 Å². The molecule has 1 aliphatic heterocycles. The Morgan fingerprint density at radius 2 is 2.15 bits per heavy atom. The summed E-state index contributed by atoms with van der Waals surface area (Å²) in [6.45, 7) is 6.72. The fraction of sp³-hybridized carbons (Fsp3) is 0.889. The maximum atomic E-state index is 11.6. The van der Waals surface area contributed by atoms with Gasteiger partial charge in [0, 0.05) is 12.1 Å². The molecule has 1 rings (SSSR count). The number of amides is 1. The zero-order chi connectivity index (χ0) is 10.1. The highest BCUT2D eigenvalue weighted by molar-refractivity contribution is 6.15. The topological polar surface area (TPSA) is 32.3 Å². The van der Waals surface area contributed by atoms with Gasteiger partial charge in [0.15, 0.2) is 0 Å². The van der Waals surface area contributed by atoms with E-state index in [0.717, 1.165) is 19.4 Å². The van der Waals surface area contributed by atoms with E-state index in [0.29, 0.717) is 0 Å². The molecule has 1 aliphatic rings. The summed E-state index contributed by atoms with van der Waals surface area (Å²) in [5, 5.41) is 2.93. The summed E-state index contributed by atoms with van der Waals surface area (Å²) in [7, 11) is 0. The predicted molar refractivity (Wildman–Crippen MR) is 53.5 cm³/mol. The fourth-order valence-electron chi connectivity index (χ4n) is 1.44. The van der Waals surface area contributed by atoms with Crippen molar-refractivity contribution in [3.05, 3.63) is 0 Å². The maximum absolute atomic E-state index is 11.6. The molecule has 0 unspecified atom stereocenters. The molecule has 0 aromatic carbocycles. The number of rotatable bonds is 1. The van der Waals surface area contributed by atoms with Crippen LogP contribution in [-0.2, 0) is 4.79 Å². The molecule has 1 amide bonds. The van der Waals surface area contributed by atoms with Crippen LogP contribution < -0.4 is 5.32 Å². The monoisotopic (exact) mass is 204 g/mol. The van der Waals surface area contributed by atoms with E-state index >= 15 is 0 Å². The molecular weight excluding hydrogens is 188 g/mol. The molecule has 1 saturated heterocycles. The van der Waals surface area contributed by atoms with Gasteiger partial charge in [0.2, 0.25) is 5.91 Å². The first-order chi connectivity index (χ1) is 5.90. The Bertz CT molecular complexity index is 200. The number of halogens is 1. The van der Waals surface area contributed by atoms with E-state index in [-0.39, 0.29) is 17.5 Å². The third-order valence-electron chi connectivity index (χ3n) is 1.99. The second-order valence-electron chi connectivity index (χ2n) is 4.52. The number of nitrogens with zero attached hydrogens (tertiary/aromatic N) is 1. The molecule has 0 bridgehead atoms. The summed E-state index contributed by atoms with van der Waals surface area (Å²) >= 11 is 5.87. The van der Waals surface area contributed by atoms with Crippen molar-refractivity contribution in [2.24, 2.45) is 0 Å². The third-order valence-corrected chi connectivity index (χ3v) is 2.39. The molecule has 4 heteroatoms. The van der Waals surface area contributed by atoms with Gasteiger partial charge in [0.1, 0.15) is 6.04 Å². The number of carbonyl (C=O) groups is 1. The van der Waals surface area contributed by atoms with Crippen molar-refractivity contribution >= 4 is 17.7 Å². The Hall–Kier alpha value is -0.280. The molecule has 0 aromatic heterocycles. The smallest absolute Gasteiger partial charge is 0.239 e. The van der Waals surface area contributed by atoms with Gasteiger partial charge < -0.3 is 5.32 Å².